The van der Waals surface area contributed by atoms with Gasteiger partial charge in [0.15, 0.2) is 17.4 Å². The zero-order valence-corrected chi connectivity index (χ0v) is 22.8. The van der Waals surface area contributed by atoms with Crippen molar-refractivity contribution >= 4 is 8.07 Å². The predicted octanol–water partition coefficient (Wildman–Crippen LogP) is 10.1. The summed E-state index contributed by atoms with van der Waals surface area (Å²) in [5.41, 5.74) is 2.77. The first-order valence-corrected chi connectivity index (χ1v) is 16.7. The minimum atomic E-state index is -1.01. The molecule has 188 valence electrons. The molecule has 0 N–H and O–H groups in total. The highest BCUT2D eigenvalue weighted by Crippen LogP contribution is 2.41. The molecule has 1 nitrogen and oxygen atoms in total. The summed E-state index contributed by atoms with van der Waals surface area (Å²) in [4.78, 5) is 0. The maximum absolute atomic E-state index is 14.8. The Kier molecular flexibility index (Phi) is 10.2. The minimum Gasteiger partial charge on any atom is -0.485 e. The van der Waals surface area contributed by atoms with E-state index >= 15 is 0 Å². The molecule has 0 unspecified atom stereocenters. The first kappa shape index (κ1) is 26.9. The fraction of sp³-hybridized carbons (Fsp3) is 0.600. The molecular formula is C30H44F2OSi. The topological polar surface area (TPSA) is 9.23 Å². The van der Waals surface area contributed by atoms with Gasteiger partial charge in [-0.3, -0.25) is 0 Å². The Labute approximate surface area is 207 Å². The van der Waals surface area contributed by atoms with Gasteiger partial charge in [0.1, 0.15) is 0 Å². The third kappa shape index (κ3) is 7.41. The molecule has 1 saturated heterocycles. The van der Waals surface area contributed by atoms with Crippen LogP contribution in [0.1, 0.15) is 90.0 Å². The zero-order valence-electron chi connectivity index (χ0n) is 21.8. The van der Waals surface area contributed by atoms with Crippen LogP contribution in [0.15, 0.2) is 36.4 Å². The molecule has 4 heteroatoms. The minimum absolute atomic E-state index is 0.200. The van der Waals surface area contributed by atoms with Gasteiger partial charge in [-0.1, -0.05) is 94.9 Å². The van der Waals surface area contributed by atoms with Crippen molar-refractivity contribution in [2.24, 2.45) is 0 Å². The van der Waals surface area contributed by atoms with Crippen molar-refractivity contribution in [1.82, 2.24) is 0 Å². The number of halogens is 2. The Bertz CT molecular complexity index is 864. The second-order valence-corrected chi connectivity index (χ2v) is 16.0. The van der Waals surface area contributed by atoms with E-state index in [1.54, 1.807) is 0 Å². The largest absolute Gasteiger partial charge is 0.485 e. The van der Waals surface area contributed by atoms with Crippen LogP contribution in [0.25, 0.3) is 11.1 Å². The summed E-state index contributed by atoms with van der Waals surface area (Å²) in [7, 11) is -1.01. The Morgan fingerprint density at radius 1 is 0.882 bits per heavy atom. The van der Waals surface area contributed by atoms with Gasteiger partial charge in [-0.25, -0.2) is 8.78 Å². The average molecular weight is 487 g/mol. The standard InChI is InChI=1S/C30H44F2OSi/c1-5-7-8-9-10-11-23(3)33-30-28(31)21-27(22-29(30)32)25-14-12-24(13-15-25)26-16-19-34(4,18-6-2)20-17-26/h12-15,21-23,26H,5-11,16-20H2,1-4H3/t23-,26-,34-/m1/s1. The second kappa shape index (κ2) is 12.9. The maximum Gasteiger partial charge on any atom is 0.191 e. The van der Waals surface area contributed by atoms with Gasteiger partial charge in [0, 0.05) is 0 Å². The van der Waals surface area contributed by atoms with Gasteiger partial charge in [-0.2, -0.15) is 0 Å². The highest BCUT2D eigenvalue weighted by molar-refractivity contribution is 6.78. The molecule has 2 aromatic rings. The number of rotatable bonds is 12. The van der Waals surface area contributed by atoms with E-state index in [1.165, 1.54) is 74.4 Å². The molecule has 3 rings (SSSR count). The quantitative estimate of drug-likeness (QED) is 0.214. The van der Waals surface area contributed by atoms with E-state index in [0.29, 0.717) is 11.5 Å². The Hall–Kier alpha value is -1.68. The van der Waals surface area contributed by atoms with E-state index in [2.05, 4.69) is 32.5 Å². The van der Waals surface area contributed by atoms with E-state index in [9.17, 15) is 8.78 Å². The lowest BCUT2D eigenvalue weighted by Crippen LogP contribution is -2.33. The lowest BCUT2D eigenvalue weighted by atomic mass is 9.92. The molecule has 0 radical (unpaired) electrons. The zero-order chi connectivity index (χ0) is 24.6. The van der Waals surface area contributed by atoms with Crippen LogP contribution >= 0.6 is 0 Å². The first-order chi connectivity index (χ1) is 16.3. The van der Waals surface area contributed by atoms with Crippen molar-refractivity contribution in [3.63, 3.8) is 0 Å². The summed E-state index contributed by atoms with van der Waals surface area (Å²) in [5.74, 6) is -0.865. The fourth-order valence-electron chi connectivity index (χ4n) is 5.58. The lowest BCUT2D eigenvalue weighted by molar-refractivity contribution is 0.188. The van der Waals surface area contributed by atoms with Gasteiger partial charge >= 0.3 is 0 Å². The molecule has 0 aliphatic carbocycles. The van der Waals surface area contributed by atoms with Crippen LogP contribution in [-0.2, 0) is 0 Å². The van der Waals surface area contributed by atoms with Crippen molar-refractivity contribution in [3.05, 3.63) is 53.6 Å². The van der Waals surface area contributed by atoms with Crippen molar-refractivity contribution < 1.29 is 13.5 Å². The third-order valence-corrected chi connectivity index (χ3v) is 12.5. The molecule has 1 aliphatic rings. The molecule has 1 atom stereocenters. The van der Waals surface area contributed by atoms with Gasteiger partial charge < -0.3 is 4.74 Å². The van der Waals surface area contributed by atoms with Crippen molar-refractivity contribution in [1.29, 1.82) is 0 Å². The van der Waals surface area contributed by atoms with E-state index < -0.39 is 19.7 Å². The SMILES string of the molecule is CCCCCCC[C@@H](C)Oc1c(F)cc(-c2ccc([C@H]3CC[Si@](C)(CCC)CC3)cc2)cc1F. The number of hydrogen-bond acceptors (Lipinski definition) is 1. The summed E-state index contributed by atoms with van der Waals surface area (Å²) in [6, 6.07) is 15.4. The monoisotopic (exact) mass is 486 g/mol. The van der Waals surface area contributed by atoms with E-state index in [-0.39, 0.29) is 11.9 Å². The normalized spacial score (nSPS) is 21.4. The third-order valence-electron chi connectivity index (χ3n) is 7.79. The molecule has 0 amide bonds. The molecule has 0 aromatic heterocycles. The summed E-state index contributed by atoms with van der Waals surface area (Å²) in [6.45, 7) is 8.96. The molecule has 0 spiro atoms. The Morgan fingerprint density at radius 3 is 2.09 bits per heavy atom. The van der Waals surface area contributed by atoms with Crippen LogP contribution in [0.3, 0.4) is 0 Å². The first-order valence-electron chi connectivity index (χ1n) is 13.6. The van der Waals surface area contributed by atoms with Crippen LogP contribution in [0.5, 0.6) is 5.75 Å². The number of benzene rings is 2. The number of unbranched alkanes of at least 4 members (excludes halogenated alkanes) is 4. The fourth-order valence-corrected chi connectivity index (χ4v) is 9.63. The van der Waals surface area contributed by atoms with Crippen LogP contribution < -0.4 is 4.74 Å². The van der Waals surface area contributed by atoms with Gasteiger partial charge in [0.05, 0.1) is 14.2 Å². The van der Waals surface area contributed by atoms with Gasteiger partial charge in [-0.15, -0.1) is 0 Å². The molecule has 0 saturated carbocycles. The second-order valence-electron chi connectivity index (χ2n) is 10.9. The Morgan fingerprint density at radius 2 is 1.50 bits per heavy atom. The van der Waals surface area contributed by atoms with Crippen LogP contribution in [-0.4, -0.2) is 14.2 Å². The Balaban J connectivity index is 1.60. The summed E-state index contributed by atoms with van der Waals surface area (Å²) >= 11 is 0. The molecule has 0 bridgehead atoms. The highest BCUT2D eigenvalue weighted by atomic mass is 28.3. The number of ether oxygens (including phenoxy) is 1. The molecule has 2 aromatic carbocycles. The maximum atomic E-state index is 14.8. The van der Waals surface area contributed by atoms with E-state index in [4.69, 9.17) is 4.74 Å². The van der Waals surface area contributed by atoms with Crippen LogP contribution in [0.4, 0.5) is 8.78 Å². The summed E-state index contributed by atoms with van der Waals surface area (Å²) < 4.78 is 35.2. The van der Waals surface area contributed by atoms with Crippen LogP contribution in [0, 0.1) is 11.6 Å². The molecule has 34 heavy (non-hydrogen) atoms. The van der Waals surface area contributed by atoms with Gasteiger partial charge in [0.25, 0.3) is 0 Å². The van der Waals surface area contributed by atoms with Crippen LogP contribution in [0.2, 0.25) is 24.7 Å². The molecule has 1 aliphatic heterocycles. The predicted molar refractivity (Wildman–Crippen MR) is 144 cm³/mol. The van der Waals surface area contributed by atoms with E-state index in [1.807, 2.05) is 19.1 Å². The van der Waals surface area contributed by atoms with E-state index in [0.717, 1.165) is 24.8 Å². The summed E-state index contributed by atoms with van der Waals surface area (Å²) in [5, 5.41) is 0. The molecular weight excluding hydrogens is 442 g/mol. The summed E-state index contributed by atoms with van der Waals surface area (Å²) in [6.07, 6.45) is 10.3. The van der Waals surface area contributed by atoms with Gasteiger partial charge in [0.2, 0.25) is 0 Å². The van der Waals surface area contributed by atoms with Crippen molar-refractivity contribution in [3.8, 4) is 16.9 Å². The lowest BCUT2D eigenvalue weighted by Gasteiger charge is -2.36. The molecule has 1 heterocycles. The smallest absolute Gasteiger partial charge is 0.191 e. The average Bonchev–Trinajstić information content (AvgIpc) is 2.82. The van der Waals surface area contributed by atoms with Crippen molar-refractivity contribution in [2.75, 3.05) is 0 Å². The van der Waals surface area contributed by atoms with Gasteiger partial charge in [-0.05, 0) is 67.3 Å². The number of hydrogen-bond donors (Lipinski definition) is 0. The molecule has 1 fully saturated rings. The van der Waals surface area contributed by atoms with Crippen molar-refractivity contribution in [2.45, 2.75) is 115 Å². The highest BCUT2D eigenvalue weighted by Gasteiger charge is 2.32.